The second-order valence-electron chi connectivity index (χ2n) is 8.35. The van der Waals surface area contributed by atoms with Gasteiger partial charge in [0, 0.05) is 23.5 Å². The molecule has 1 heterocycles. The van der Waals surface area contributed by atoms with Crippen LogP contribution in [0.1, 0.15) is 32.8 Å². The molecule has 0 spiro atoms. The summed E-state index contributed by atoms with van der Waals surface area (Å²) in [4.78, 5) is 52.4. The average Bonchev–Trinajstić information content (AvgIpc) is 3.23. The Labute approximate surface area is 197 Å². The zero-order valence-corrected chi connectivity index (χ0v) is 19.5. The van der Waals surface area contributed by atoms with E-state index in [-0.39, 0.29) is 12.3 Å². The highest BCUT2D eigenvalue weighted by molar-refractivity contribution is 5.94. The van der Waals surface area contributed by atoms with Gasteiger partial charge >= 0.3 is 5.97 Å². The first-order chi connectivity index (χ1) is 16.1. The van der Waals surface area contributed by atoms with Crippen molar-refractivity contribution in [2.24, 2.45) is 11.7 Å². The highest BCUT2D eigenvalue weighted by Crippen LogP contribution is 2.19. The molecular formula is C23H33N5O6. The van der Waals surface area contributed by atoms with Gasteiger partial charge in [0.1, 0.15) is 18.1 Å². The van der Waals surface area contributed by atoms with E-state index in [0.717, 1.165) is 16.5 Å². The molecule has 11 nitrogen and oxygen atoms in total. The molecule has 5 unspecified atom stereocenters. The van der Waals surface area contributed by atoms with Crippen molar-refractivity contribution in [3.63, 3.8) is 0 Å². The minimum absolute atomic E-state index is 0.0480. The summed E-state index contributed by atoms with van der Waals surface area (Å²) in [5.74, 6) is -3.40. The quantitative estimate of drug-likeness (QED) is 0.218. The van der Waals surface area contributed by atoms with Crippen LogP contribution in [0, 0.1) is 5.92 Å². The van der Waals surface area contributed by atoms with Crippen LogP contribution < -0.4 is 21.7 Å². The number of benzene rings is 1. The normalized spacial score (nSPS) is 15.6. The molecule has 0 saturated carbocycles. The molecule has 0 radical (unpaired) electrons. The van der Waals surface area contributed by atoms with E-state index >= 15 is 0 Å². The zero-order valence-electron chi connectivity index (χ0n) is 19.5. The molecule has 3 amide bonds. The number of nitrogens with one attached hydrogen (secondary N) is 4. The van der Waals surface area contributed by atoms with E-state index in [2.05, 4.69) is 20.9 Å². The lowest BCUT2D eigenvalue weighted by atomic mass is 9.99. The lowest BCUT2D eigenvalue weighted by Gasteiger charge is -2.24. The largest absolute Gasteiger partial charge is 0.480 e. The minimum Gasteiger partial charge on any atom is -0.480 e. The number of hydrogen-bond acceptors (Lipinski definition) is 6. The van der Waals surface area contributed by atoms with Gasteiger partial charge < -0.3 is 36.9 Å². The Balaban J connectivity index is 2.19. The highest BCUT2D eigenvalue weighted by atomic mass is 16.4. The van der Waals surface area contributed by atoms with E-state index in [0.29, 0.717) is 6.42 Å². The molecule has 5 atom stereocenters. The fourth-order valence-corrected chi connectivity index (χ4v) is 3.37. The number of carboxylic acid groups (broad SMARTS) is 1. The average molecular weight is 476 g/mol. The maximum Gasteiger partial charge on any atom is 0.328 e. The van der Waals surface area contributed by atoms with E-state index in [1.807, 2.05) is 38.1 Å². The third-order valence-corrected chi connectivity index (χ3v) is 5.84. The number of nitrogens with two attached hydrogens (primary N) is 1. The van der Waals surface area contributed by atoms with Crippen LogP contribution >= 0.6 is 0 Å². The second kappa shape index (κ2) is 12.1. The summed E-state index contributed by atoms with van der Waals surface area (Å²) >= 11 is 0. The van der Waals surface area contributed by atoms with Gasteiger partial charge in [-0.2, -0.15) is 0 Å². The smallest absolute Gasteiger partial charge is 0.328 e. The van der Waals surface area contributed by atoms with Crippen LogP contribution in [0.4, 0.5) is 0 Å². The summed E-state index contributed by atoms with van der Waals surface area (Å²) in [6, 6.07) is 2.92. The minimum atomic E-state index is -1.53. The molecular weight excluding hydrogens is 442 g/mol. The van der Waals surface area contributed by atoms with Crippen molar-refractivity contribution in [2.45, 2.75) is 57.8 Å². The summed E-state index contributed by atoms with van der Waals surface area (Å²) in [7, 11) is 0. The summed E-state index contributed by atoms with van der Waals surface area (Å²) < 4.78 is 0. The maximum atomic E-state index is 12.9. The predicted octanol–water partition coefficient (Wildman–Crippen LogP) is -0.365. The standard InChI is InChI=1S/C23H33N5O6/c1-4-12(2)19(24)22(32)26-13(3)20(30)27-17(21(31)28-18(11-29)23(33)34)9-14-10-25-16-8-6-5-7-15(14)16/h5-8,10,12-13,17-19,25,29H,4,9,11,24H2,1-3H3,(H,26,32)(H,27,30)(H,28,31)(H,33,34). The number of H-pyrrole nitrogens is 1. The molecule has 11 heteroatoms. The van der Waals surface area contributed by atoms with Gasteiger partial charge in [0.25, 0.3) is 0 Å². The summed E-state index contributed by atoms with van der Waals surface area (Å²) in [6.45, 7) is 4.38. The van der Waals surface area contributed by atoms with Gasteiger partial charge in [-0.25, -0.2) is 4.79 Å². The van der Waals surface area contributed by atoms with Gasteiger partial charge in [-0.1, -0.05) is 38.5 Å². The Bertz CT molecular complexity index is 1020. The number of carbonyl (C=O) groups is 4. The lowest BCUT2D eigenvalue weighted by Crippen LogP contribution is -2.57. The number of rotatable bonds is 12. The van der Waals surface area contributed by atoms with Crippen LogP contribution in [0.15, 0.2) is 30.5 Å². The first-order valence-corrected chi connectivity index (χ1v) is 11.1. The SMILES string of the molecule is CCC(C)C(N)C(=O)NC(C)C(=O)NC(Cc1c[nH]c2ccccc12)C(=O)NC(CO)C(=O)O. The predicted molar refractivity (Wildman–Crippen MR) is 126 cm³/mol. The number of aromatic amines is 1. The monoisotopic (exact) mass is 475 g/mol. The highest BCUT2D eigenvalue weighted by Gasteiger charge is 2.30. The Kier molecular flexibility index (Phi) is 9.58. The van der Waals surface area contributed by atoms with Crippen molar-refractivity contribution < 1.29 is 29.4 Å². The summed E-state index contributed by atoms with van der Waals surface area (Å²) in [5, 5.41) is 26.6. The van der Waals surface area contributed by atoms with Crippen molar-refractivity contribution in [1.82, 2.24) is 20.9 Å². The summed E-state index contributed by atoms with van der Waals surface area (Å²) in [6.07, 6.45) is 2.44. The fraction of sp³-hybridized carbons (Fsp3) is 0.478. The topological polar surface area (TPSA) is 187 Å². The Morgan fingerprint density at radius 3 is 2.26 bits per heavy atom. The fourth-order valence-electron chi connectivity index (χ4n) is 3.37. The molecule has 0 bridgehead atoms. The van der Waals surface area contributed by atoms with Crippen LogP contribution in [-0.2, 0) is 25.6 Å². The molecule has 0 aliphatic rings. The molecule has 0 aliphatic heterocycles. The number of aliphatic carboxylic acids is 1. The van der Waals surface area contributed by atoms with Gasteiger partial charge in [-0.3, -0.25) is 14.4 Å². The molecule has 8 N–H and O–H groups in total. The molecule has 1 aromatic carbocycles. The van der Waals surface area contributed by atoms with Crippen molar-refractivity contribution >= 4 is 34.6 Å². The Morgan fingerprint density at radius 1 is 1.00 bits per heavy atom. The summed E-state index contributed by atoms with van der Waals surface area (Å²) in [5.41, 5.74) is 7.48. The number of fused-ring (bicyclic) bond motifs is 1. The third kappa shape index (κ3) is 6.78. The Morgan fingerprint density at radius 2 is 1.65 bits per heavy atom. The molecule has 0 fully saturated rings. The van der Waals surface area contributed by atoms with Crippen LogP contribution in [-0.4, -0.2) is 69.7 Å². The molecule has 0 aliphatic carbocycles. The van der Waals surface area contributed by atoms with Crippen LogP contribution in [0.2, 0.25) is 0 Å². The van der Waals surface area contributed by atoms with E-state index in [1.165, 1.54) is 6.92 Å². The molecule has 2 rings (SSSR count). The number of para-hydroxylation sites is 1. The van der Waals surface area contributed by atoms with Crippen molar-refractivity contribution in [3.8, 4) is 0 Å². The Hall–Kier alpha value is -3.44. The maximum absolute atomic E-state index is 12.9. The van der Waals surface area contributed by atoms with Crippen LogP contribution in [0.3, 0.4) is 0 Å². The van der Waals surface area contributed by atoms with Gasteiger partial charge in [0.2, 0.25) is 17.7 Å². The first-order valence-electron chi connectivity index (χ1n) is 11.1. The first kappa shape index (κ1) is 26.8. The second-order valence-corrected chi connectivity index (χ2v) is 8.35. The number of aliphatic hydroxyl groups excluding tert-OH is 1. The van der Waals surface area contributed by atoms with Crippen molar-refractivity contribution in [2.75, 3.05) is 6.61 Å². The number of aromatic nitrogens is 1. The van der Waals surface area contributed by atoms with E-state index in [4.69, 9.17) is 10.8 Å². The number of hydrogen-bond donors (Lipinski definition) is 7. The van der Waals surface area contributed by atoms with Gasteiger partial charge in [-0.05, 0) is 24.5 Å². The number of carboxylic acids is 1. The van der Waals surface area contributed by atoms with Crippen LogP contribution in [0.5, 0.6) is 0 Å². The van der Waals surface area contributed by atoms with Crippen LogP contribution in [0.25, 0.3) is 10.9 Å². The van der Waals surface area contributed by atoms with Crippen molar-refractivity contribution in [3.05, 3.63) is 36.0 Å². The van der Waals surface area contributed by atoms with Gasteiger partial charge in [0.15, 0.2) is 0 Å². The molecule has 0 saturated heterocycles. The molecule has 1 aromatic heterocycles. The lowest BCUT2D eigenvalue weighted by molar-refractivity contribution is -0.143. The van der Waals surface area contributed by atoms with E-state index < -0.39 is 54.5 Å². The molecule has 2 aromatic rings. The van der Waals surface area contributed by atoms with Crippen molar-refractivity contribution in [1.29, 1.82) is 0 Å². The number of amides is 3. The third-order valence-electron chi connectivity index (χ3n) is 5.84. The molecule has 34 heavy (non-hydrogen) atoms. The zero-order chi connectivity index (χ0) is 25.4. The number of carbonyl (C=O) groups excluding carboxylic acids is 3. The number of aliphatic hydroxyl groups is 1. The molecule has 186 valence electrons. The van der Waals surface area contributed by atoms with Gasteiger partial charge in [-0.15, -0.1) is 0 Å². The van der Waals surface area contributed by atoms with E-state index in [1.54, 1.807) is 6.20 Å². The van der Waals surface area contributed by atoms with Gasteiger partial charge in [0.05, 0.1) is 12.6 Å². The van der Waals surface area contributed by atoms with E-state index in [9.17, 15) is 24.3 Å².